The highest BCUT2D eigenvalue weighted by Crippen LogP contribution is 2.32. The number of esters is 1. The van der Waals surface area contributed by atoms with Gasteiger partial charge < -0.3 is 41.4 Å². The Bertz CT molecular complexity index is 1360. The number of carbonyl (C=O) groups is 3. The SMILES string of the molecule is CC(=O)Oc1ccccc1C(=O)O.C[S+](CC[C@H](N)C(=O)O)C[C@H]1O[C@@H](n2cnc3c(N)ncnc32)[C@H](O)[C@@H]1O. The quantitative estimate of drug-likeness (QED) is 0.105. The van der Waals surface area contributed by atoms with Crippen LogP contribution < -0.4 is 16.2 Å². The van der Waals surface area contributed by atoms with Gasteiger partial charge >= 0.3 is 17.9 Å². The molecule has 0 bridgehead atoms. The number of imidazole rings is 1. The number of fused-ring (bicyclic) bond motifs is 1. The van der Waals surface area contributed by atoms with E-state index in [0.717, 1.165) is 0 Å². The number of aliphatic hydroxyl groups is 2. The predicted octanol–water partition coefficient (Wildman–Crippen LogP) is -0.612. The lowest BCUT2D eigenvalue weighted by atomic mass is 10.1. The van der Waals surface area contributed by atoms with Crippen LogP contribution in [0.3, 0.4) is 0 Å². The fourth-order valence-electron chi connectivity index (χ4n) is 3.86. The highest BCUT2D eigenvalue weighted by molar-refractivity contribution is 7.96. The molecule has 1 fully saturated rings. The minimum Gasteiger partial charge on any atom is -0.480 e. The number of rotatable bonds is 9. The first-order valence-electron chi connectivity index (χ1n) is 11.9. The number of hydrogen-bond donors (Lipinski definition) is 6. The third kappa shape index (κ3) is 7.42. The highest BCUT2D eigenvalue weighted by Gasteiger charge is 2.46. The van der Waals surface area contributed by atoms with Crippen molar-refractivity contribution >= 4 is 45.8 Å². The second-order valence-electron chi connectivity index (χ2n) is 8.91. The Hall–Kier alpha value is -3.83. The number of aromatic carboxylic acids is 1. The number of ether oxygens (including phenoxy) is 2. The third-order valence-corrected chi connectivity index (χ3v) is 7.74. The molecule has 3 aromatic rings. The van der Waals surface area contributed by atoms with Crippen molar-refractivity contribution in [3.05, 3.63) is 42.5 Å². The number of hydrogen-bond acceptors (Lipinski definition) is 12. The van der Waals surface area contributed by atoms with E-state index in [1.165, 1.54) is 36.3 Å². The fraction of sp³-hybridized carbons (Fsp3) is 0.417. The summed E-state index contributed by atoms with van der Waals surface area (Å²) in [6.45, 7) is 1.22. The van der Waals surface area contributed by atoms with Crippen LogP contribution in [-0.4, -0.2) is 100.0 Å². The van der Waals surface area contributed by atoms with Crippen LogP contribution in [0.25, 0.3) is 11.2 Å². The summed E-state index contributed by atoms with van der Waals surface area (Å²) in [6.07, 6.45) is 1.31. The van der Waals surface area contributed by atoms with Crippen molar-refractivity contribution in [2.24, 2.45) is 5.73 Å². The van der Waals surface area contributed by atoms with Crippen LogP contribution in [-0.2, 0) is 25.2 Å². The molecule has 3 heterocycles. The van der Waals surface area contributed by atoms with Gasteiger partial charge in [0.2, 0.25) is 0 Å². The summed E-state index contributed by atoms with van der Waals surface area (Å²) in [6, 6.07) is 5.07. The van der Waals surface area contributed by atoms with E-state index in [9.17, 15) is 24.6 Å². The first kappa shape index (κ1) is 30.7. The van der Waals surface area contributed by atoms with Crippen molar-refractivity contribution in [2.75, 3.05) is 23.5 Å². The number of para-hydroxylation sites is 1. The van der Waals surface area contributed by atoms with Crippen LogP contribution in [0.4, 0.5) is 5.82 Å². The van der Waals surface area contributed by atoms with Crippen molar-refractivity contribution in [3.63, 3.8) is 0 Å². The van der Waals surface area contributed by atoms with Crippen molar-refractivity contribution < 1.29 is 44.3 Å². The number of carbonyl (C=O) groups excluding carboxylic acids is 1. The number of anilines is 1. The Morgan fingerprint density at radius 3 is 2.50 bits per heavy atom. The topological polar surface area (TPSA) is 246 Å². The summed E-state index contributed by atoms with van der Waals surface area (Å²) in [4.78, 5) is 44.1. The van der Waals surface area contributed by atoms with Crippen LogP contribution in [0.5, 0.6) is 5.75 Å². The summed E-state index contributed by atoms with van der Waals surface area (Å²) in [7, 11) is -0.235. The maximum absolute atomic E-state index is 10.8. The fourth-order valence-corrected chi connectivity index (χ4v) is 5.52. The maximum Gasteiger partial charge on any atom is 0.339 e. The highest BCUT2D eigenvalue weighted by atomic mass is 32.2. The maximum atomic E-state index is 10.8. The number of nitrogens with two attached hydrogens (primary N) is 2. The molecule has 1 aromatic carbocycles. The normalized spacial score (nSPS) is 21.7. The van der Waals surface area contributed by atoms with Gasteiger partial charge in [0.1, 0.15) is 59.0 Å². The number of aliphatic hydroxyl groups excluding tert-OH is 2. The van der Waals surface area contributed by atoms with Crippen molar-refractivity contribution in [2.45, 2.75) is 43.9 Å². The van der Waals surface area contributed by atoms with E-state index in [1.807, 2.05) is 6.26 Å². The second kappa shape index (κ2) is 13.5. The van der Waals surface area contributed by atoms with Gasteiger partial charge in [0.15, 0.2) is 17.7 Å². The number of nitrogens with zero attached hydrogens (tertiary/aromatic N) is 4. The van der Waals surface area contributed by atoms with Gasteiger partial charge in [0, 0.05) is 13.3 Å². The number of benzene rings is 1. The smallest absolute Gasteiger partial charge is 0.339 e. The Labute approximate surface area is 231 Å². The van der Waals surface area contributed by atoms with Gasteiger partial charge in [-0.2, -0.15) is 0 Å². The minimum absolute atomic E-state index is 0.0160. The molecule has 8 N–H and O–H groups in total. The Kier molecular flexibility index (Phi) is 10.4. The summed E-state index contributed by atoms with van der Waals surface area (Å²) < 4.78 is 12.1. The average Bonchev–Trinajstić information content (AvgIpc) is 3.45. The lowest BCUT2D eigenvalue weighted by Gasteiger charge is -2.16. The molecule has 16 heteroatoms. The zero-order valence-electron chi connectivity index (χ0n) is 21.7. The molecule has 15 nitrogen and oxygen atoms in total. The van der Waals surface area contributed by atoms with Gasteiger partial charge in [0.25, 0.3) is 0 Å². The molecule has 1 saturated heterocycles. The molecule has 0 radical (unpaired) electrons. The lowest BCUT2D eigenvalue weighted by Crippen LogP contribution is -2.37. The van der Waals surface area contributed by atoms with E-state index < -0.39 is 48.5 Å². The molecule has 6 atom stereocenters. The molecule has 0 aliphatic carbocycles. The van der Waals surface area contributed by atoms with Crippen molar-refractivity contribution in [1.82, 2.24) is 19.5 Å². The zero-order valence-corrected chi connectivity index (χ0v) is 22.5. The molecule has 40 heavy (non-hydrogen) atoms. The molecular weight excluding hydrogens is 548 g/mol. The summed E-state index contributed by atoms with van der Waals surface area (Å²) in [5.74, 6) is -1.32. The molecule has 0 spiro atoms. The van der Waals surface area contributed by atoms with Gasteiger partial charge in [-0.3, -0.25) is 14.2 Å². The number of aliphatic carboxylic acids is 1. The molecule has 0 amide bonds. The number of aromatic nitrogens is 4. The molecule has 1 aliphatic heterocycles. The molecule has 4 rings (SSSR count). The van der Waals surface area contributed by atoms with Gasteiger partial charge in [-0.05, 0) is 23.0 Å². The molecule has 1 aliphatic rings. The number of carboxylic acids is 2. The molecule has 216 valence electrons. The third-order valence-electron chi connectivity index (χ3n) is 5.91. The predicted molar refractivity (Wildman–Crippen MR) is 144 cm³/mol. The van der Waals surface area contributed by atoms with Crippen LogP contribution in [0, 0.1) is 0 Å². The first-order chi connectivity index (χ1) is 18.9. The van der Waals surface area contributed by atoms with E-state index in [4.69, 9.17) is 26.4 Å². The Balaban J connectivity index is 0.000000285. The summed E-state index contributed by atoms with van der Waals surface area (Å²) in [5.41, 5.74) is 12.1. The minimum atomic E-state index is -1.16. The van der Waals surface area contributed by atoms with E-state index >= 15 is 0 Å². The van der Waals surface area contributed by atoms with Gasteiger partial charge in [-0.1, -0.05) is 12.1 Å². The number of carboxylic acid groups (broad SMARTS) is 2. The first-order valence-corrected chi connectivity index (χ1v) is 13.9. The van der Waals surface area contributed by atoms with Crippen molar-refractivity contribution in [1.29, 1.82) is 0 Å². The molecule has 2 aromatic heterocycles. The van der Waals surface area contributed by atoms with E-state index in [2.05, 4.69) is 19.7 Å². The van der Waals surface area contributed by atoms with Crippen LogP contribution in [0.1, 0.15) is 29.9 Å². The summed E-state index contributed by atoms with van der Waals surface area (Å²) >= 11 is 0. The zero-order chi connectivity index (χ0) is 29.6. The standard InChI is InChI=1S/C15H22N6O5S.C9H8O4/c1-27(3-2-7(16)15(24)25)4-8-10(22)11(23)14(26-8)21-6-20-9-12(17)18-5-19-13(9)21;1-6(10)13-8-5-3-2-4-7(8)9(11)12/h5-8,10-11,14,22-23H,2-4,16H2,1H3,(H2-,17,18,19,24,25);2-5H,1H3,(H,11,12)/p+1/t7-,8+,10+,11+,14+,27?;/m0./s1. The Morgan fingerprint density at radius 1 is 1.15 bits per heavy atom. The summed E-state index contributed by atoms with van der Waals surface area (Å²) in [5, 5.41) is 38.4. The van der Waals surface area contributed by atoms with Gasteiger partial charge in [-0.25, -0.2) is 19.7 Å². The van der Waals surface area contributed by atoms with Crippen LogP contribution in [0.2, 0.25) is 0 Å². The van der Waals surface area contributed by atoms with Crippen LogP contribution >= 0.6 is 0 Å². The van der Waals surface area contributed by atoms with Gasteiger partial charge in [0.05, 0.1) is 12.6 Å². The number of nitrogen functional groups attached to an aromatic ring is 1. The van der Waals surface area contributed by atoms with E-state index in [1.54, 1.807) is 12.1 Å². The van der Waals surface area contributed by atoms with E-state index in [-0.39, 0.29) is 28.0 Å². The Morgan fingerprint density at radius 2 is 1.85 bits per heavy atom. The monoisotopic (exact) mass is 579 g/mol. The van der Waals surface area contributed by atoms with E-state index in [0.29, 0.717) is 29.1 Å². The molecule has 0 saturated carbocycles. The van der Waals surface area contributed by atoms with Crippen LogP contribution in [0.15, 0.2) is 36.9 Å². The van der Waals surface area contributed by atoms with Crippen molar-refractivity contribution in [3.8, 4) is 5.75 Å². The lowest BCUT2D eigenvalue weighted by molar-refractivity contribution is -0.138. The van der Waals surface area contributed by atoms with Gasteiger partial charge in [-0.15, -0.1) is 0 Å². The second-order valence-corrected chi connectivity index (χ2v) is 11.2. The largest absolute Gasteiger partial charge is 0.480 e. The molecule has 1 unspecified atom stereocenters. The molecular formula is C24H31N6O9S+. The average molecular weight is 580 g/mol.